The molecule has 5 nitrogen and oxygen atoms in total. The highest BCUT2D eigenvalue weighted by Crippen LogP contribution is 2.33. The van der Waals surface area contributed by atoms with Gasteiger partial charge in [0.15, 0.2) is 0 Å². The molecule has 0 bridgehead atoms. The second kappa shape index (κ2) is 7.28. The predicted octanol–water partition coefficient (Wildman–Crippen LogP) is 4.06. The van der Waals surface area contributed by atoms with Crippen LogP contribution < -0.4 is 5.73 Å². The van der Waals surface area contributed by atoms with Crippen LogP contribution in [0.4, 0.5) is 0 Å². The van der Waals surface area contributed by atoms with E-state index in [9.17, 15) is 5.26 Å². The lowest BCUT2D eigenvalue weighted by Crippen LogP contribution is -2.20. The number of fused-ring (bicyclic) bond motifs is 1. The Labute approximate surface area is 157 Å². The van der Waals surface area contributed by atoms with Gasteiger partial charge in [-0.2, -0.15) is 5.26 Å². The summed E-state index contributed by atoms with van der Waals surface area (Å²) in [6, 6.07) is 9.78. The molecule has 0 aliphatic rings. The molecule has 3 rings (SSSR count). The molecule has 0 radical (unpaired) electrons. The number of aromatic nitrogens is 2. The molecule has 0 amide bonds. The normalized spacial score (nSPS) is 12.1. The van der Waals surface area contributed by atoms with E-state index in [1.165, 1.54) is 0 Å². The highest BCUT2D eigenvalue weighted by molar-refractivity contribution is 6.31. The van der Waals surface area contributed by atoms with Gasteiger partial charge in [-0.1, -0.05) is 11.6 Å². The fourth-order valence-electron chi connectivity index (χ4n) is 3.28. The van der Waals surface area contributed by atoms with Gasteiger partial charge in [0.2, 0.25) is 0 Å². The molecule has 1 aromatic carbocycles. The zero-order valence-electron chi connectivity index (χ0n) is 14.8. The zero-order chi connectivity index (χ0) is 18.8. The fourth-order valence-corrected chi connectivity index (χ4v) is 3.45. The van der Waals surface area contributed by atoms with E-state index in [1.807, 2.05) is 36.7 Å². The monoisotopic (exact) mass is 365 g/mol. The third-order valence-corrected chi connectivity index (χ3v) is 4.56. The predicted molar refractivity (Wildman–Crippen MR) is 106 cm³/mol. The second-order valence-electron chi connectivity index (χ2n) is 6.60. The number of nitrogens with one attached hydrogen (secondary N) is 1. The van der Waals surface area contributed by atoms with Crippen LogP contribution in [0.5, 0.6) is 0 Å². The van der Waals surface area contributed by atoms with Crippen LogP contribution in [0.25, 0.3) is 22.2 Å². The van der Waals surface area contributed by atoms with Crippen molar-refractivity contribution in [2.75, 3.05) is 0 Å². The van der Waals surface area contributed by atoms with E-state index >= 15 is 0 Å². The van der Waals surface area contributed by atoms with Gasteiger partial charge in [-0.25, -0.2) is 0 Å². The first-order chi connectivity index (χ1) is 12.4. The highest BCUT2D eigenvalue weighted by Gasteiger charge is 2.17. The minimum absolute atomic E-state index is 0.0354. The number of hydrogen-bond donors (Lipinski definition) is 2. The Kier molecular flexibility index (Phi) is 5.08. The van der Waals surface area contributed by atoms with Crippen molar-refractivity contribution in [3.05, 3.63) is 52.8 Å². The Morgan fingerprint density at radius 3 is 2.85 bits per heavy atom. The van der Waals surface area contributed by atoms with Crippen molar-refractivity contribution in [3.63, 3.8) is 0 Å². The molecule has 3 aromatic rings. The number of pyridine rings is 1. The lowest BCUT2D eigenvalue weighted by molar-refractivity contribution is 0.769. The summed E-state index contributed by atoms with van der Waals surface area (Å²) in [5.41, 5.74) is 10.4. The summed E-state index contributed by atoms with van der Waals surface area (Å²) in [4.78, 5) is 4.32. The van der Waals surface area contributed by atoms with Crippen molar-refractivity contribution in [1.29, 1.82) is 10.7 Å². The molecule has 1 atom stereocenters. The van der Waals surface area contributed by atoms with Crippen LogP contribution in [0.2, 0.25) is 5.02 Å². The molecule has 0 saturated heterocycles. The molecule has 26 heavy (non-hydrogen) atoms. The van der Waals surface area contributed by atoms with Gasteiger partial charge in [-0.3, -0.25) is 4.98 Å². The molecule has 2 aromatic heterocycles. The molecule has 132 valence electrons. The average molecular weight is 366 g/mol. The van der Waals surface area contributed by atoms with Gasteiger partial charge in [0.25, 0.3) is 0 Å². The summed E-state index contributed by atoms with van der Waals surface area (Å²) in [5, 5.41) is 19.3. The Morgan fingerprint density at radius 2 is 2.15 bits per heavy atom. The third-order valence-electron chi connectivity index (χ3n) is 4.33. The molecular formula is C20H20ClN5. The van der Waals surface area contributed by atoms with Crippen LogP contribution in [-0.2, 0) is 13.5 Å². The Hall–Kier alpha value is -2.68. The average Bonchev–Trinajstić information content (AvgIpc) is 2.86. The summed E-state index contributed by atoms with van der Waals surface area (Å²) < 4.78 is 1.97. The Balaban J connectivity index is 2.07. The van der Waals surface area contributed by atoms with Crippen molar-refractivity contribution in [3.8, 4) is 17.3 Å². The maximum atomic E-state index is 9.71. The number of rotatable bonds is 5. The van der Waals surface area contributed by atoms with Crippen molar-refractivity contribution in [2.24, 2.45) is 12.8 Å². The van der Waals surface area contributed by atoms with Crippen LogP contribution in [0.3, 0.4) is 0 Å². The van der Waals surface area contributed by atoms with E-state index in [1.54, 1.807) is 18.5 Å². The maximum absolute atomic E-state index is 9.71. The van der Waals surface area contributed by atoms with Crippen molar-refractivity contribution >= 4 is 28.2 Å². The lowest BCUT2D eigenvalue weighted by atomic mass is 10.0. The van der Waals surface area contributed by atoms with E-state index in [0.717, 1.165) is 27.7 Å². The van der Waals surface area contributed by atoms with Gasteiger partial charge in [0.1, 0.15) is 6.07 Å². The van der Waals surface area contributed by atoms with Gasteiger partial charge in [-0.15, -0.1) is 0 Å². The first-order valence-electron chi connectivity index (χ1n) is 8.35. The summed E-state index contributed by atoms with van der Waals surface area (Å²) in [7, 11) is 1.92. The summed E-state index contributed by atoms with van der Waals surface area (Å²) in [5.74, 6) is 0. The van der Waals surface area contributed by atoms with Crippen LogP contribution in [0, 0.1) is 16.7 Å². The molecule has 6 heteroatoms. The van der Waals surface area contributed by atoms with Crippen molar-refractivity contribution in [2.45, 2.75) is 25.8 Å². The molecule has 0 unspecified atom stereocenters. The van der Waals surface area contributed by atoms with E-state index in [0.29, 0.717) is 29.1 Å². The number of hydrogen-bond acceptors (Lipinski definition) is 4. The van der Waals surface area contributed by atoms with Gasteiger partial charge >= 0.3 is 0 Å². The van der Waals surface area contributed by atoms with E-state index in [2.05, 4.69) is 11.1 Å². The number of nitrogens with zero attached hydrogens (tertiary/aromatic N) is 3. The second-order valence-corrected chi connectivity index (χ2v) is 7.04. The van der Waals surface area contributed by atoms with Gasteiger partial charge in [0, 0.05) is 60.0 Å². The number of halogens is 1. The SMILES string of the molecule is C[C@@H](N)CC(=N)Cc1cncc(-c2c(C#N)c3ccc(Cl)cc3n2C)c1. The van der Waals surface area contributed by atoms with Gasteiger partial charge in [-0.05, 0) is 36.8 Å². The molecule has 2 heterocycles. The summed E-state index contributed by atoms with van der Waals surface area (Å²) >= 11 is 6.12. The maximum Gasteiger partial charge on any atom is 0.102 e. The van der Waals surface area contributed by atoms with Gasteiger partial charge < -0.3 is 15.7 Å². The molecule has 0 saturated carbocycles. The van der Waals surface area contributed by atoms with Crippen LogP contribution >= 0.6 is 11.6 Å². The molecule has 0 aliphatic heterocycles. The quantitative estimate of drug-likeness (QED) is 0.667. The minimum atomic E-state index is -0.0354. The van der Waals surface area contributed by atoms with Crippen LogP contribution in [0.1, 0.15) is 24.5 Å². The first-order valence-corrected chi connectivity index (χ1v) is 8.72. The fraction of sp³-hybridized carbons (Fsp3) is 0.250. The van der Waals surface area contributed by atoms with Crippen LogP contribution in [0.15, 0.2) is 36.7 Å². The van der Waals surface area contributed by atoms with Crippen LogP contribution in [-0.4, -0.2) is 21.3 Å². The molecule has 3 N–H and O–H groups in total. The zero-order valence-corrected chi connectivity index (χ0v) is 15.5. The molecule has 0 spiro atoms. The van der Waals surface area contributed by atoms with Crippen molar-refractivity contribution in [1.82, 2.24) is 9.55 Å². The van der Waals surface area contributed by atoms with Crippen molar-refractivity contribution < 1.29 is 0 Å². The topological polar surface area (TPSA) is 91.5 Å². The van der Waals surface area contributed by atoms with E-state index in [-0.39, 0.29) is 6.04 Å². The molecular weight excluding hydrogens is 346 g/mol. The van der Waals surface area contributed by atoms with E-state index < -0.39 is 0 Å². The Bertz CT molecular complexity index is 1030. The highest BCUT2D eigenvalue weighted by atomic mass is 35.5. The largest absolute Gasteiger partial charge is 0.342 e. The number of nitriles is 1. The lowest BCUT2D eigenvalue weighted by Gasteiger charge is -2.09. The number of aryl methyl sites for hydroxylation is 1. The molecule has 0 fully saturated rings. The standard InChI is InChI=1S/C20H20ClN5/c1-12(23)5-16(24)7-13-6-14(11-25-10-13)20-18(9-22)17-4-3-15(21)8-19(17)26(20)2/h3-4,6,8,10-12,24H,5,7,23H2,1-2H3/t12-/m1/s1. The first kappa shape index (κ1) is 18.1. The minimum Gasteiger partial charge on any atom is -0.342 e. The summed E-state index contributed by atoms with van der Waals surface area (Å²) in [6.07, 6.45) is 4.56. The van der Waals surface area contributed by atoms with E-state index in [4.69, 9.17) is 22.7 Å². The summed E-state index contributed by atoms with van der Waals surface area (Å²) in [6.45, 7) is 1.89. The van der Waals surface area contributed by atoms with Gasteiger partial charge in [0.05, 0.1) is 16.8 Å². The number of nitrogens with two attached hydrogens (primary N) is 1. The number of benzene rings is 1. The Morgan fingerprint density at radius 1 is 1.38 bits per heavy atom. The smallest absolute Gasteiger partial charge is 0.102 e. The molecule has 0 aliphatic carbocycles. The third kappa shape index (κ3) is 3.48.